The lowest BCUT2D eigenvalue weighted by molar-refractivity contribution is 0.0249. The molecule has 1 atom stereocenters. The lowest BCUT2D eigenvalue weighted by Crippen LogP contribution is -2.40. The molecule has 1 aliphatic heterocycles. The zero-order valence-electron chi connectivity index (χ0n) is 11.5. The van der Waals surface area contributed by atoms with Crippen LogP contribution in [0, 0.1) is 6.92 Å². The van der Waals surface area contributed by atoms with Gasteiger partial charge in [-0.2, -0.15) is 0 Å². The Hall–Kier alpha value is -1.06. The summed E-state index contributed by atoms with van der Waals surface area (Å²) >= 11 is 0. The summed E-state index contributed by atoms with van der Waals surface area (Å²) in [5, 5.41) is 3.38. The predicted octanol–water partition coefficient (Wildman–Crippen LogP) is 2.20. The van der Waals surface area contributed by atoms with Crippen LogP contribution >= 0.6 is 0 Å². The third kappa shape index (κ3) is 3.72. The molecule has 2 rings (SSSR count). The third-order valence-electron chi connectivity index (χ3n) is 3.51. The predicted molar refractivity (Wildman–Crippen MR) is 76.3 cm³/mol. The second-order valence-electron chi connectivity index (χ2n) is 4.90. The minimum Gasteiger partial charge on any atom is -0.376 e. The van der Waals surface area contributed by atoms with E-state index in [1.54, 1.807) is 0 Å². The molecule has 3 heteroatoms. The monoisotopic (exact) mass is 248 g/mol. The van der Waals surface area contributed by atoms with Crippen molar-refractivity contribution in [2.24, 2.45) is 0 Å². The number of nitrogens with zero attached hydrogens (tertiary/aromatic N) is 1. The fraction of sp³-hybridized carbons (Fsp3) is 0.600. The zero-order valence-corrected chi connectivity index (χ0v) is 11.5. The molecule has 0 saturated carbocycles. The van der Waals surface area contributed by atoms with Crippen LogP contribution < -0.4 is 10.2 Å². The molecular formula is C15H24N2O. The van der Waals surface area contributed by atoms with Crippen molar-refractivity contribution >= 4 is 5.69 Å². The minimum absolute atomic E-state index is 0.373. The average molecular weight is 248 g/mol. The van der Waals surface area contributed by atoms with Crippen LogP contribution in [-0.2, 0) is 4.74 Å². The number of nitrogens with one attached hydrogen (secondary N) is 1. The van der Waals surface area contributed by atoms with Gasteiger partial charge in [-0.1, -0.05) is 17.7 Å². The molecule has 1 aromatic carbocycles. The van der Waals surface area contributed by atoms with Gasteiger partial charge in [-0.15, -0.1) is 0 Å². The standard InChI is InChI=1S/C15H24N2O/c1-3-17(14-6-4-13(2)5-7-14)10-8-15-12-16-9-11-18-15/h4-7,15-16H,3,8-12H2,1-2H3. The Bertz CT molecular complexity index is 344. The molecule has 1 saturated heterocycles. The maximum Gasteiger partial charge on any atom is 0.0716 e. The van der Waals surface area contributed by atoms with Crippen LogP contribution in [-0.4, -0.2) is 38.9 Å². The summed E-state index contributed by atoms with van der Waals surface area (Å²) in [6.07, 6.45) is 1.47. The van der Waals surface area contributed by atoms with Gasteiger partial charge >= 0.3 is 0 Å². The molecule has 1 fully saturated rings. The van der Waals surface area contributed by atoms with Crippen molar-refractivity contribution in [3.8, 4) is 0 Å². The highest BCUT2D eigenvalue weighted by atomic mass is 16.5. The molecule has 0 aliphatic carbocycles. The molecule has 1 unspecified atom stereocenters. The first-order valence-electron chi connectivity index (χ1n) is 6.93. The summed E-state index contributed by atoms with van der Waals surface area (Å²) in [4.78, 5) is 2.41. The fourth-order valence-electron chi connectivity index (χ4n) is 2.33. The summed E-state index contributed by atoms with van der Waals surface area (Å²) < 4.78 is 5.74. The smallest absolute Gasteiger partial charge is 0.0716 e. The number of benzene rings is 1. The van der Waals surface area contributed by atoms with Crippen LogP contribution in [0.25, 0.3) is 0 Å². The van der Waals surface area contributed by atoms with Crippen molar-refractivity contribution in [2.45, 2.75) is 26.4 Å². The Morgan fingerprint density at radius 3 is 2.72 bits per heavy atom. The molecule has 0 bridgehead atoms. The second-order valence-corrected chi connectivity index (χ2v) is 4.90. The minimum atomic E-state index is 0.373. The maximum atomic E-state index is 5.74. The van der Waals surface area contributed by atoms with Gasteiger partial charge in [0.2, 0.25) is 0 Å². The van der Waals surface area contributed by atoms with Gasteiger partial charge in [0.15, 0.2) is 0 Å². The Kier molecular flexibility index (Phi) is 5.02. The second kappa shape index (κ2) is 6.76. The molecule has 0 aromatic heterocycles. The molecule has 1 aromatic rings. The largest absolute Gasteiger partial charge is 0.376 e. The number of hydrogen-bond acceptors (Lipinski definition) is 3. The zero-order chi connectivity index (χ0) is 12.8. The SMILES string of the molecule is CCN(CCC1CNCCO1)c1ccc(C)cc1. The highest BCUT2D eigenvalue weighted by Gasteiger charge is 2.14. The van der Waals surface area contributed by atoms with E-state index in [4.69, 9.17) is 4.74 Å². The van der Waals surface area contributed by atoms with E-state index in [2.05, 4.69) is 48.3 Å². The van der Waals surface area contributed by atoms with E-state index < -0.39 is 0 Å². The molecular weight excluding hydrogens is 224 g/mol. The molecule has 1 aliphatic rings. The normalized spacial score (nSPS) is 19.8. The van der Waals surface area contributed by atoms with Crippen molar-refractivity contribution < 1.29 is 4.74 Å². The number of ether oxygens (including phenoxy) is 1. The van der Waals surface area contributed by atoms with Crippen molar-refractivity contribution in [2.75, 3.05) is 37.7 Å². The van der Waals surface area contributed by atoms with Crippen molar-refractivity contribution in [3.63, 3.8) is 0 Å². The van der Waals surface area contributed by atoms with E-state index in [9.17, 15) is 0 Å². The highest BCUT2D eigenvalue weighted by Crippen LogP contribution is 2.16. The van der Waals surface area contributed by atoms with Crippen LogP contribution in [0.4, 0.5) is 5.69 Å². The Morgan fingerprint density at radius 2 is 2.11 bits per heavy atom. The van der Waals surface area contributed by atoms with E-state index >= 15 is 0 Å². The summed E-state index contributed by atoms with van der Waals surface area (Å²) in [6.45, 7) is 9.27. The van der Waals surface area contributed by atoms with Crippen molar-refractivity contribution in [3.05, 3.63) is 29.8 Å². The quantitative estimate of drug-likeness (QED) is 0.864. The van der Waals surface area contributed by atoms with E-state index in [0.717, 1.165) is 39.2 Å². The molecule has 0 amide bonds. The van der Waals surface area contributed by atoms with Gasteiger partial charge < -0.3 is 15.0 Å². The fourth-order valence-corrected chi connectivity index (χ4v) is 2.33. The molecule has 0 spiro atoms. The molecule has 1 N–H and O–H groups in total. The van der Waals surface area contributed by atoms with E-state index in [1.165, 1.54) is 11.3 Å². The Morgan fingerprint density at radius 1 is 1.33 bits per heavy atom. The number of anilines is 1. The summed E-state index contributed by atoms with van der Waals surface area (Å²) in [7, 11) is 0. The highest BCUT2D eigenvalue weighted by molar-refractivity contribution is 5.47. The first-order valence-corrected chi connectivity index (χ1v) is 6.93. The van der Waals surface area contributed by atoms with Gasteiger partial charge in [0.05, 0.1) is 12.7 Å². The number of aryl methyl sites for hydroxylation is 1. The van der Waals surface area contributed by atoms with E-state index in [-0.39, 0.29) is 0 Å². The van der Waals surface area contributed by atoms with Crippen LogP contribution in [0.1, 0.15) is 18.9 Å². The third-order valence-corrected chi connectivity index (χ3v) is 3.51. The van der Waals surface area contributed by atoms with Crippen molar-refractivity contribution in [1.82, 2.24) is 5.32 Å². The van der Waals surface area contributed by atoms with Crippen LogP contribution in [0.3, 0.4) is 0 Å². The maximum absolute atomic E-state index is 5.74. The topological polar surface area (TPSA) is 24.5 Å². The van der Waals surface area contributed by atoms with Gasteiger partial charge in [0, 0.05) is 31.9 Å². The number of rotatable bonds is 5. The molecule has 0 radical (unpaired) electrons. The molecule has 3 nitrogen and oxygen atoms in total. The van der Waals surface area contributed by atoms with Gasteiger partial charge in [-0.05, 0) is 32.4 Å². The van der Waals surface area contributed by atoms with Crippen LogP contribution in [0.5, 0.6) is 0 Å². The first-order chi connectivity index (χ1) is 8.79. The lowest BCUT2D eigenvalue weighted by Gasteiger charge is -2.28. The van der Waals surface area contributed by atoms with Gasteiger partial charge in [-0.25, -0.2) is 0 Å². The van der Waals surface area contributed by atoms with Crippen molar-refractivity contribution in [1.29, 1.82) is 0 Å². The number of hydrogen-bond donors (Lipinski definition) is 1. The van der Waals surface area contributed by atoms with E-state index in [1.807, 2.05) is 0 Å². The Labute approximate surface area is 110 Å². The molecule has 18 heavy (non-hydrogen) atoms. The van der Waals surface area contributed by atoms with Gasteiger partial charge in [0.1, 0.15) is 0 Å². The Balaban J connectivity index is 1.86. The summed E-state index contributed by atoms with van der Waals surface area (Å²) in [6, 6.07) is 8.77. The van der Waals surface area contributed by atoms with Gasteiger partial charge in [0.25, 0.3) is 0 Å². The average Bonchev–Trinajstić information content (AvgIpc) is 2.42. The van der Waals surface area contributed by atoms with Gasteiger partial charge in [-0.3, -0.25) is 0 Å². The first kappa shape index (κ1) is 13.4. The van der Waals surface area contributed by atoms with E-state index in [0.29, 0.717) is 6.10 Å². The molecule has 1 heterocycles. The molecule has 100 valence electrons. The summed E-state index contributed by atoms with van der Waals surface area (Å²) in [5.41, 5.74) is 2.63. The summed E-state index contributed by atoms with van der Waals surface area (Å²) in [5.74, 6) is 0. The number of morpholine rings is 1. The lowest BCUT2D eigenvalue weighted by atomic mass is 10.2. The van der Waals surface area contributed by atoms with Crippen LogP contribution in [0.2, 0.25) is 0 Å². The van der Waals surface area contributed by atoms with Crippen LogP contribution in [0.15, 0.2) is 24.3 Å².